The molecule has 0 spiro atoms. The van der Waals surface area contributed by atoms with Gasteiger partial charge in [0.2, 0.25) is 5.91 Å². The van der Waals surface area contributed by atoms with Gasteiger partial charge in [-0.25, -0.2) is 0 Å². The third-order valence-electron chi connectivity index (χ3n) is 8.03. The summed E-state index contributed by atoms with van der Waals surface area (Å²) in [5.41, 5.74) is 2.69. The average Bonchev–Trinajstić information content (AvgIpc) is 3.22. The molecule has 5 rings (SSSR count). The molecule has 6 heteroatoms. The highest BCUT2D eigenvalue weighted by molar-refractivity contribution is 6.03. The van der Waals surface area contributed by atoms with Gasteiger partial charge in [-0.15, -0.1) is 0 Å². The summed E-state index contributed by atoms with van der Waals surface area (Å²) in [4.78, 5) is 29.8. The van der Waals surface area contributed by atoms with Crippen LogP contribution < -0.4 is 10.1 Å². The van der Waals surface area contributed by atoms with Gasteiger partial charge >= 0.3 is 0 Å². The molecular formula is C30H37N3O3. The maximum Gasteiger partial charge on any atom is 0.271 e. The van der Waals surface area contributed by atoms with Gasteiger partial charge in [0.15, 0.2) is 0 Å². The topological polar surface area (TPSA) is 63.6 Å². The number of carbonyl (C=O) groups excluding carboxylic acids is 2. The molecular weight excluding hydrogens is 450 g/mol. The number of aromatic nitrogens is 1. The maximum atomic E-state index is 14.0. The fraction of sp³-hybridized carbons (Fsp3) is 0.467. The number of aryl methyl sites for hydroxylation is 1. The number of ether oxygens (including phenoxy) is 1. The van der Waals surface area contributed by atoms with Gasteiger partial charge in [-0.2, -0.15) is 0 Å². The van der Waals surface area contributed by atoms with Crippen molar-refractivity contribution in [3.05, 3.63) is 65.4 Å². The Morgan fingerprint density at radius 2 is 1.72 bits per heavy atom. The lowest BCUT2D eigenvalue weighted by Crippen LogP contribution is -2.64. The minimum absolute atomic E-state index is 0.0658. The lowest BCUT2D eigenvalue weighted by Gasteiger charge is -2.45. The van der Waals surface area contributed by atoms with E-state index < -0.39 is 5.54 Å². The van der Waals surface area contributed by atoms with E-state index in [1.807, 2.05) is 47.9 Å². The highest BCUT2D eigenvalue weighted by atomic mass is 16.5. The summed E-state index contributed by atoms with van der Waals surface area (Å²) >= 11 is 0. The number of hydrogen-bond donors (Lipinski definition) is 1. The van der Waals surface area contributed by atoms with Crippen molar-refractivity contribution in [2.24, 2.45) is 0 Å². The van der Waals surface area contributed by atoms with E-state index in [-0.39, 0.29) is 17.9 Å². The van der Waals surface area contributed by atoms with Crippen LogP contribution in [0.2, 0.25) is 0 Å². The van der Waals surface area contributed by atoms with Crippen LogP contribution in [0.3, 0.4) is 0 Å². The smallest absolute Gasteiger partial charge is 0.271 e. The largest absolute Gasteiger partial charge is 0.497 e. The molecule has 0 radical (unpaired) electrons. The summed E-state index contributed by atoms with van der Waals surface area (Å²) < 4.78 is 7.46. The predicted molar refractivity (Wildman–Crippen MR) is 142 cm³/mol. The van der Waals surface area contributed by atoms with E-state index in [4.69, 9.17) is 4.74 Å². The van der Waals surface area contributed by atoms with Crippen LogP contribution in [0.25, 0.3) is 10.9 Å². The van der Waals surface area contributed by atoms with Crippen molar-refractivity contribution in [2.45, 2.75) is 83.5 Å². The summed E-state index contributed by atoms with van der Waals surface area (Å²) in [6, 6.07) is 16.1. The molecule has 1 aromatic heterocycles. The second-order valence-electron chi connectivity index (χ2n) is 10.7. The Labute approximate surface area is 213 Å². The molecule has 6 nitrogen and oxygen atoms in total. The molecule has 1 fully saturated rings. The Morgan fingerprint density at radius 1 is 1.03 bits per heavy atom. The van der Waals surface area contributed by atoms with Gasteiger partial charge in [-0.1, -0.05) is 61.9 Å². The van der Waals surface area contributed by atoms with Gasteiger partial charge in [0.1, 0.15) is 17.0 Å². The van der Waals surface area contributed by atoms with E-state index in [1.165, 1.54) is 24.8 Å². The number of rotatable bonds is 5. The zero-order chi connectivity index (χ0) is 25.3. The molecule has 2 amide bonds. The molecule has 1 aliphatic heterocycles. The molecule has 190 valence electrons. The van der Waals surface area contributed by atoms with E-state index >= 15 is 0 Å². The Morgan fingerprint density at radius 3 is 2.42 bits per heavy atom. The van der Waals surface area contributed by atoms with Crippen LogP contribution in [0.4, 0.5) is 0 Å². The Kier molecular flexibility index (Phi) is 6.78. The summed E-state index contributed by atoms with van der Waals surface area (Å²) in [5.74, 6) is 0.551. The van der Waals surface area contributed by atoms with Crippen LogP contribution in [-0.2, 0) is 17.9 Å². The summed E-state index contributed by atoms with van der Waals surface area (Å²) in [7, 11) is 1.64. The first-order valence-corrected chi connectivity index (χ1v) is 13.2. The minimum atomic E-state index is -1.02. The molecule has 1 saturated carbocycles. The lowest BCUT2D eigenvalue weighted by molar-refractivity contribution is -0.134. The molecule has 0 bridgehead atoms. The lowest BCUT2D eigenvalue weighted by atomic mass is 9.91. The van der Waals surface area contributed by atoms with E-state index in [9.17, 15) is 9.59 Å². The first-order valence-electron chi connectivity index (χ1n) is 13.2. The third kappa shape index (κ3) is 4.61. The third-order valence-corrected chi connectivity index (χ3v) is 8.03. The van der Waals surface area contributed by atoms with Crippen LogP contribution >= 0.6 is 0 Å². The number of benzene rings is 2. The number of hydrogen-bond acceptors (Lipinski definition) is 3. The normalized spacial score (nSPS) is 21.1. The van der Waals surface area contributed by atoms with Crippen LogP contribution in [0.5, 0.6) is 5.75 Å². The van der Waals surface area contributed by atoms with E-state index in [0.717, 1.165) is 47.9 Å². The van der Waals surface area contributed by atoms with Gasteiger partial charge in [0.25, 0.3) is 5.91 Å². The van der Waals surface area contributed by atoms with Crippen molar-refractivity contribution in [3.63, 3.8) is 0 Å². The van der Waals surface area contributed by atoms with E-state index in [1.54, 1.807) is 12.0 Å². The van der Waals surface area contributed by atoms with Gasteiger partial charge < -0.3 is 19.5 Å². The zero-order valence-electron chi connectivity index (χ0n) is 21.7. The number of nitrogens with one attached hydrogen (secondary N) is 1. The average molecular weight is 488 g/mol. The number of carbonyl (C=O) groups is 2. The molecule has 2 aromatic carbocycles. The fourth-order valence-electron chi connectivity index (χ4n) is 5.72. The Hall–Kier alpha value is -3.28. The number of nitrogens with zero attached hydrogens (tertiary/aromatic N) is 2. The van der Waals surface area contributed by atoms with Gasteiger partial charge in [-0.3, -0.25) is 9.59 Å². The van der Waals surface area contributed by atoms with Crippen LogP contribution in [0.15, 0.2) is 48.5 Å². The molecule has 2 heterocycles. The van der Waals surface area contributed by atoms with Crippen molar-refractivity contribution in [1.29, 1.82) is 0 Å². The molecule has 3 aromatic rings. The molecule has 1 atom stereocenters. The van der Waals surface area contributed by atoms with Gasteiger partial charge in [-0.05, 0) is 50.5 Å². The van der Waals surface area contributed by atoms with Crippen molar-refractivity contribution in [3.8, 4) is 5.75 Å². The molecule has 36 heavy (non-hydrogen) atoms. The number of amides is 2. The van der Waals surface area contributed by atoms with E-state index in [2.05, 4.69) is 24.4 Å². The molecule has 1 aliphatic carbocycles. The van der Waals surface area contributed by atoms with Crippen LogP contribution in [-0.4, -0.2) is 40.0 Å². The molecule has 1 N–H and O–H groups in total. The predicted octanol–water partition coefficient (Wildman–Crippen LogP) is 5.60. The monoisotopic (exact) mass is 487 g/mol. The van der Waals surface area contributed by atoms with Crippen molar-refractivity contribution in [1.82, 2.24) is 14.8 Å². The molecule has 0 saturated heterocycles. The second kappa shape index (κ2) is 10.00. The molecule has 1 unspecified atom stereocenters. The number of methoxy groups -OCH3 is 1. The Bertz CT molecular complexity index is 1250. The SMILES string of the molecule is COc1ccc2cc3n(c2c1)CC(C)(C(=O)NC1CCCCCCC1)N(Cc1ccc(C)cc1)C3=O. The standard InChI is InChI=1S/C30H37N3O3/c1-21-11-13-22(14-12-21)19-33-28(34)27-17-23-15-16-25(36-3)18-26(23)32(27)20-30(33,2)29(35)31-24-9-7-5-4-6-8-10-24/h11-18,24H,4-10,19-20H2,1-3H3,(H,31,35). The summed E-state index contributed by atoms with van der Waals surface area (Å²) in [6.45, 7) is 4.76. The van der Waals surface area contributed by atoms with E-state index in [0.29, 0.717) is 18.8 Å². The second-order valence-corrected chi connectivity index (χ2v) is 10.7. The highest BCUT2D eigenvalue weighted by Gasteiger charge is 2.48. The zero-order valence-corrected chi connectivity index (χ0v) is 21.7. The Balaban J connectivity index is 1.53. The maximum absolute atomic E-state index is 14.0. The van der Waals surface area contributed by atoms with Crippen molar-refractivity contribution >= 4 is 22.7 Å². The first kappa shape index (κ1) is 24.4. The minimum Gasteiger partial charge on any atom is -0.497 e. The van der Waals surface area contributed by atoms with Crippen LogP contribution in [0.1, 0.15) is 73.5 Å². The van der Waals surface area contributed by atoms with Gasteiger partial charge in [0, 0.05) is 24.0 Å². The number of fused-ring (bicyclic) bond motifs is 3. The highest BCUT2D eigenvalue weighted by Crippen LogP contribution is 2.35. The first-order chi connectivity index (χ1) is 17.4. The fourth-order valence-corrected chi connectivity index (χ4v) is 5.72. The summed E-state index contributed by atoms with van der Waals surface area (Å²) in [5, 5.41) is 4.34. The summed E-state index contributed by atoms with van der Waals surface area (Å²) in [6.07, 6.45) is 8.01. The quantitative estimate of drug-likeness (QED) is 0.509. The van der Waals surface area contributed by atoms with Crippen LogP contribution in [0, 0.1) is 6.92 Å². The van der Waals surface area contributed by atoms with Crippen molar-refractivity contribution < 1.29 is 14.3 Å². The van der Waals surface area contributed by atoms with Gasteiger partial charge in [0.05, 0.1) is 19.2 Å². The van der Waals surface area contributed by atoms with Crippen molar-refractivity contribution in [2.75, 3.05) is 7.11 Å². The molecule has 2 aliphatic rings.